The maximum Gasteiger partial charge on any atom is 0.408 e. The van der Waals surface area contributed by atoms with E-state index in [1.54, 1.807) is 16.4 Å². The molecule has 0 unspecified atom stereocenters. The number of likely N-dealkylation sites (tertiary alicyclic amines) is 1. The highest BCUT2D eigenvalue weighted by Crippen LogP contribution is 2.30. The van der Waals surface area contributed by atoms with Crippen molar-refractivity contribution in [2.75, 3.05) is 37.6 Å². The van der Waals surface area contributed by atoms with E-state index >= 15 is 0 Å². The average molecular weight is 483 g/mol. The van der Waals surface area contributed by atoms with Crippen LogP contribution >= 0.6 is 0 Å². The minimum atomic E-state index is -1.32. The second kappa shape index (κ2) is 10.6. The lowest BCUT2D eigenvalue weighted by Gasteiger charge is -2.44. The molecular formula is C25H30N4O6. The molecule has 2 aromatic rings. The van der Waals surface area contributed by atoms with Crippen molar-refractivity contribution in [1.29, 1.82) is 0 Å². The predicted octanol–water partition coefficient (Wildman–Crippen LogP) is 1.97. The number of carboxylic acid groups (broad SMARTS) is 1. The topological polar surface area (TPSA) is 123 Å². The van der Waals surface area contributed by atoms with Gasteiger partial charge >= 0.3 is 6.09 Å². The molecule has 0 aromatic heterocycles. The number of hydrogen-bond donors (Lipinski definition) is 3. The van der Waals surface area contributed by atoms with Crippen LogP contribution in [0, 0.1) is 12.8 Å². The van der Waals surface area contributed by atoms with E-state index in [0.717, 1.165) is 16.2 Å². The fourth-order valence-corrected chi connectivity index (χ4v) is 4.85. The van der Waals surface area contributed by atoms with E-state index in [0.29, 0.717) is 31.9 Å². The molecule has 2 aliphatic heterocycles. The molecule has 2 fully saturated rings. The molecule has 2 saturated heterocycles. The number of benzene rings is 2. The van der Waals surface area contributed by atoms with Crippen molar-refractivity contribution in [3.63, 3.8) is 0 Å². The second-order valence-electron chi connectivity index (χ2n) is 8.90. The summed E-state index contributed by atoms with van der Waals surface area (Å²) in [5.41, 5.74) is 3.64. The highest BCUT2D eigenvalue weighted by molar-refractivity contribution is 5.92. The van der Waals surface area contributed by atoms with Gasteiger partial charge in [0.25, 0.3) is 0 Å². The van der Waals surface area contributed by atoms with E-state index in [-0.39, 0.29) is 13.0 Å². The van der Waals surface area contributed by atoms with Gasteiger partial charge in [-0.2, -0.15) is 0 Å². The second-order valence-corrected chi connectivity index (χ2v) is 8.90. The fourth-order valence-electron chi connectivity index (χ4n) is 4.85. The fraction of sp³-hybridized carbons (Fsp3) is 0.400. The summed E-state index contributed by atoms with van der Waals surface area (Å²) in [7, 11) is 0. The molecule has 0 radical (unpaired) electrons. The number of anilines is 1. The minimum Gasteiger partial charge on any atom is -0.489 e. The molecule has 4 rings (SSSR count). The number of nitrogens with one attached hydrogen (secondary N) is 1. The molecule has 35 heavy (non-hydrogen) atoms. The van der Waals surface area contributed by atoms with Crippen LogP contribution in [-0.2, 0) is 9.59 Å². The van der Waals surface area contributed by atoms with E-state index in [4.69, 9.17) is 4.74 Å². The molecular weight excluding hydrogens is 452 g/mol. The number of amides is 3. The number of piperazine rings is 1. The van der Waals surface area contributed by atoms with Crippen molar-refractivity contribution in [3.8, 4) is 5.75 Å². The van der Waals surface area contributed by atoms with E-state index in [1.807, 2.05) is 55.5 Å². The monoisotopic (exact) mass is 482 g/mol. The SMILES string of the molecule is Cc1cccc(O[C@H]2C[C@H](C(=O)NO)[C@@H](C(=O)N3CCN(c4ccccc4)CC3)N(C(=O)O)C2)c1. The minimum absolute atomic E-state index is 0.0706. The number of para-hydroxylation sites is 1. The number of hydrogen-bond acceptors (Lipinski definition) is 6. The van der Waals surface area contributed by atoms with Gasteiger partial charge in [-0.25, -0.2) is 10.3 Å². The highest BCUT2D eigenvalue weighted by Gasteiger charge is 2.48. The molecule has 0 bridgehead atoms. The number of hydroxylamine groups is 1. The Balaban J connectivity index is 1.51. The molecule has 2 aliphatic rings. The highest BCUT2D eigenvalue weighted by atomic mass is 16.5. The summed E-state index contributed by atoms with van der Waals surface area (Å²) in [5, 5.41) is 19.3. The number of piperidine rings is 1. The van der Waals surface area contributed by atoms with Crippen LogP contribution in [0.15, 0.2) is 54.6 Å². The van der Waals surface area contributed by atoms with Crippen molar-refractivity contribution >= 4 is 23.6 Å². The van der Waals surface area contributed by atoms with Crippen LogP contribution in [0.1, 0.15) is 12.0 Å². The lowest BCUT2D eigenvalue weighted by molar-refractivity contribution is -0.150. The third-order valence-corrected chi connectivity index (χ3v) is 6.58. The van der Waals surface area contributed by atoms with Crippen molar-refractivity contribution in [2.45, 2.75) is 25.5 Å². The van der Waals surface area contributed by atoms with Gasteiger partial charge in [-0.15, -0.1) is 0 Å². The molecule has 3 amide bonds. The zero-order chi connectivity index (χ0) is 24.9. The number of nitrogens with zero attached hydrogens (tertiary/aromatic N) is 3. The molecule has 3 N–H and O–H groups in total. The summed E-state index contributed by atoms with van der Waals surface area (Å²) >= 11 is 0. The van der Waals surface area contributed by atoms with Crippen LogP contribution in [0.4, 0.5) is 10.5 Å². The Morgan fingerprint density at radius 1 is 1.00 bits per heavy atom. The van der Waals surface area contributed by atoms with Gasteiger partial charge in [0.05, 0.1) is 12.5 Å². The van der Waals surface area contributed by atoms with Crippen LogP contribution in [-0.4, -0.2) is 82.9 Å². The van der Waals surface area contributed by atoms with E-state index in [9.17, 15) is 24.7 Å². The summed E-state index contributed by atoms with van der Waals surface area (Å²) < 4.78 is 5.98. The normalized spacial score (nSPS) is 22.5. The molecule has 0 saturated carbocycles. The number of aryl methyl sites for hydroxylation is 1. The van der Waals surface area contributed by atoms with Gasteiger partial charge in [-0.1, -0.05) is 30.3 Å². The Bertz CT molecular complexity index is 1060. The molecule has 3 atom stereocenters. The van der Waals surface area contributed by atoms with Gasteiger partial charge in [0.15, 0.2) is 0 Å². The van der Waals surface area contributed by atoms with Crippen LogP contribution in [0.5, 0.6) is 5.75 Å². The third kappa shape index (κ3) is 5.48. The summed E-state index contributed by atoms with van der Waals surface area (Å²) in [4.78, 5) is 43.1. The maximum atomic E-state index is 13.6. The van der Waals surface area contributed by atoms with Crippen LogP contribution in [0.2, 0.25) is 0 Å². The lowest BCUT2D eigenvalue weighted by atomic mass is 9.86. The first kappa shape index (κ1) is 24.3. The summed E-state index contributed by atoms with van der Waals surface area (Å²) in [6.45, 7) is 3.81. The molecule has 2 heterocycles. The molecule has 2 aromatic carbocycles. The predicted molar refractivity (Wildman–Crippen MR) is 127 cm³/mol. The number of rotatable bonds is 5. The van der Waals surface area contributed by atoms with Gasteiger partial charge < -0.3 is 19.6 Å². The van der Waals surface area contributed by atoms with E-state index in [2.05, 4.69) is 4.90 Å². The van der Waals surface area contributed by atoms with Crippen molar-refractivity contribution in [1.82, 2.24) is 15.3 Å². The van der Waals surface area contributed by atoms with Crippen LogP contribution in [0.3, 0.4) is 0 Å². The molecule has 186 valence electrons. The largest absolute Gasteiger partial charge is 0.489 e. The Morgan fingerprint density at radius 3 is 2.34 bits per heavy atom. The van der Waals surface area contributed by atoms with Gasteiger partial charge in [0.2, 0.25) is 11.8 Å². The van der Waals surface area contributed by atoms with E-state index in [1.165, 1.54) is 0 Å². The Hall–Kier alpha value is -3.79. The Morgan fingerprint density at radius 2 is 1.71 bits per heavy atom. The first-order chi connectivity index (χ1) is 16.9. The Kier molecular flexibility index (Phi) is 7.40. The van der Waals surface area contributed by atoms with Crippen molar-refractivity contribution in [2.24, 2.45) is 5.92 Å². The molecule has 10 nitrogen and oxygen atoms in total. The standard InChI is InChI=1S/C25H30N4O6/c1-17-6-5-9-19(14-17)35-20-15-21(23(30)26-34)22(29(16-20)25(32)33)24(31)28-12-10-27(11-13-28)18-7-3-2-4-8-18/h2-9,14,20-22,34H,10-13,15-16H2,1H3,(H,26,30)(H,32,33)/t20-,21-,22-/m0/s1. The zero-order valence-corrected chi connectivity index (χ0v) is 19.5. The maximum absolute atomic E-state index is 13.6. The molecule has 0 aliphatic carbocycles. The van der Waals surface area contributed by atoms with Crippen molar-refractivity contribution < 1.29 is 29.4 Å². The number of carbonyl (C=O) groups excluding carboxylic acids is 2. The number of carbonyl (C=O) groups is 3. The smallest absolute Gasteiger partial charge is 0.408 e. The quantitative estimate of drug-likeness (QED) is 0.440. The van der Waals surface area contributed by atoms with Gasteiger partial charge in [0.1, 0.15) is 17.9 Å². The summed E-state index contributed by atoms with van der Waals surface area (Å²) in [5.74, 6) is -1.80. The third-order valence-electron chi connectivity index (χ3n) is 6.58. The van der Waals surface area contributed by atoms with Gasteiger partial charge in [0, 0.05) is 38.3 Å². The van der Waals surface area contributed by atoms with Crippen molar-refractivity contribution in [3.05, 3.63) is 60.2 Å². The lowest BCUT2D eigenvalue weighted by Crippen LogP contribution is -2.64. The summed E-state index contributed by atoms with van der Waals surface area (Å²) in [6.07, 6.45) is -1.89. The van der Waals surface area contributed by atoms with Crippen LogP contribution in [0.25, 0.3) is 0 Å². The number of ether oxygens (including phenoxy) is 1. The average Bonchev–Trinajstić information content (AvgIpc) is 2.88. The zero-order valence-electron chi connectivity index (χ0n) is 19.5. The first-order valence-electron chi connectivity index (χ1n) is 11.6. The first-order valence-corrected chi connectivity index (χ1v) is 11.6. The van der Waals surface area contributed by atoms with Gasteiger partial charge in [-0.3, -0.25) is 19.7 Å². The Labute approximate surface area is 203 Å². The molecule has 10 heteroatoms. The molecule has 0 spiro atoms. The van der Waals surface area contributed by atoms with E-state index < -0.39 is 36.0 Å². The van der Waals surface area contributed by atoms with Gasteiger partial charge in [-0.05, 0) is 36.8 Å². The summed E-state index contributed by atoms with van der Waals surface area (Å²) in [6, 6.07) is 15.9. The van der Waals surface area contributed by atoms with Crippen LogP contribution < -0.4 is 15.1 Å².